The molecule has 0 aliphatic heterocycles. The molecule has 5 nitrogen and oxygen atoms in total. The maximum atomic E-state index is 13.4. The van der Waals surface area contributed by atoms with Crippen LogP contribution in [-0.2, 0) is 10.0 Å². The van der Waals surface area contributed by atoms with Crippen LogP contribution in [0, 0.1) is 11.8 Å². The minimum Gasteiger partial charge on any atom is -0.378 e. The fourth-order valence-electron chi connectivity index (χ4n) is 3.04. The van der Waals surface area contributed by atoms with Gasteiger partial charge in [0.25, 0.3) is 10.0 Å². The van der Waals surface area contributed by atoms with Crippen molar-refractivity contribution in [2.75, 3.05) is 19.0 Å². The van der Waals surface area contributed by atoms with Gasteiger partial charge in [-0.2, -0.15) is 0 Å². The van der Waals surface area contributed by atoms with Crippen LogP contribution in [0.15, 0.2) is 77.7 Å². The van der Waals surface area contributed by atoms with Crippen molar-refractivity contribution in [2.24, 2.45) is 0 Å². The van der Waals surface area contributed by atoms with Gasteiger partial charge in [-0.25, -0.2) is 17.4 Å². The number of anilines is 1. The maximum Gasteiger partial charge on any atom is 0.270 e. The summed E-state index contributed by atoms with van der Waals surface area (Å²) in [6, 6.07) is 21.0. The second-order valence-electron chi connectivity index (χ2n) is 6.85. The molecule has 0 aliphatic carbocycles. The number of halogens is 1. The largest absolute Gasteiger partial charge is 0.378 e. The number of hydrogen-bond donors (Lipinski definition) is 0. The number of pyridine rings is 1. The van der Waals surface area contributed by atoms with Crippen molar-refractivity contribution in [3.63, 3.8) is 0 Å². The van der Waals surface area contributed by atoms with Gasteiger partial charge in [0.15, 0.2) is 5.65 Å². The van der Waals surface area contributed by atoms with Crippen LogP contribution in [0.1, 0.15) is 11.3 Å². The van der Waals surface area contributed by atoms with Crippen molar-refractivity contribution in [3.8, 4) is 11.8 Å². The molecule has 0 saturated heterocycles. The van der Waals surface area contributed by atoms with Crippen LogP contribution >= 0.6 is 11.6 Å². The third-order valence-corrected chi connectivity index (χ3v) is 6.50. The molecule has 0 aliphatic rings. The Labute approximate surface area is 180 Å². The number of nitrogens with zero attached hydrogens (tertiary/aromatic N) is 3. The zero-order chi connectivity index (χ0) is 21.3. The van der Waals surface area contributed by atoms with Crippen LogP contribution in [0.2, 0.25) is 5.15 Å². The molecular formula is C23H18ClN3O2S. The molecule has 2 aromatic heterocycles. The molecule has 0 saturated carbocycles. The van der Waals surface area contributed by atoms with Crippen molar-refractivity contribution in [1.29, 1.82) is 0 Å². The van der Waals surface area contributed by atoms with E-state index in [0.717, 1.165) is 15.2 Å². The maximum absolute atomic E-state index is 13.4. The third kappa shape index (κ3) is 3.78. The van der Waals surface area contributed by atoms with Gasteiger partial charge in [0.2, 0.25) is 0 Å². The Bertz CT molecular complexity index is 1380. The summed E-state index contributed by atoms with van der Waals surface area (Å²) in [6.45, 7) is 0. The molecule has 0 spiro atoms. The van der Waals surface area contributed by atoms with E-state index in [0.29, 0.717) is 11.1 Å². The van der Waals surface area contributed by atoms with Gasteiger partial charge >= 0.3 is 0 Å². The van der Waals surface area contributed by atoms with E-state index in [4.69, 9.17) is 11.6 Å². The molecule has 0 bridgehead atoms. The summed E-state index contributed by atoms with van der Waals surface area (Å²) in [4.78, 5) is 6.40. The zero-order valence-corrected chi connectivity index (χ0v) is 17.9. The molecule has 0 atom stereocenters. The molecular weight excluding hydrogens is 418 g/mol. The van der Waals surface area contributed by atoms with Crippen molar-refractivity contribution in [3.05, 3.63) is 89.2 Å². The Morgan fingerprint density at radius 1 is 0.933 bits per heavy atom. The van der Waals surface area contributed by atoms with E-state index >= 15 is 0 Å². The van der Waals surface area contributed by atoms with E-state index in [9.17, 15) is 8.42 Å². The van der Waals surface area contributed by atoms with Gasteiger partial charge in [-0.05, 0) is 60.5 Å². The van der Waals surface area contributed by atoms with Crippen LogP contribution in [-0.4, -0.2) is 31.5 Å². The summed E-state index contributed by atoms with van der Waals surface area (Å²) in [7, 11) is 0.0223. The Hall–Kier alpha value is -3.27. The fraction of sp³-hybridized carbons (Fsp3) is 0.0870. The summed E-state index contributed by atoms with van der Waals surface area (Å²) in [5.74, 6) is 6.05. The highest BCUT2D eigenvalue weighted by Crippen LogP contribution is 2.25. The molecule has 0 amide bonds. The normalized spacial score (nSPS) is 11.2. The molecule has 2 aromatic carbocycles. The van der Waals surface area contributed by atoms with Gasteiger partial charge in [-0.3, -0.25) is 0 Å². The van der Waals surface area contributed by atoms with Crippen LogP contribution in [0.25, 0.3) is 11.0 Å². The van der Waals surface area contributed by atoms with E-state index < -0.39 is 10.0 Å². The van der Waals surface area contributed by atoms with Gasteiger partial charge in [0, 0.05) is 30.7 Å². The summed E-state index contributed by atoms with van der Waals surface area (Å²) in [5, 5.41) is 0.857. The van der Waals surface area contributed by atoms with E-state index in [-0.39, 0.29) is 15.7 Å². The number of rotatable bonds is 3. The molecule has 0 unspecified atom stereocenters. The lowest BCUT2D eigenvalue weighted by Crippen LogP contribution is -2.15. The Morgan fingerprint density at radius 3 is 2.30 bits per heavy atom. The predicted molar refractivity (Wildman–Crippen MR) is 121 cm³/mol. The molecule has 0 N–H and O–H groups in total. The molecule has 2 heterocycles. The van der Waals surface area contributed by atoms with E-state index in [2.05, 4.69) is 16.8 Å². The Balaban J connectivity index is 1.88. The van der Waals surface area contributed by atoms with Gasteiger partial charge < -0.3 is 4.90 Å². The van der Waals surface area contributed by atoms with Crippen LogP contribution in [0.3, 0.4) is 0 Å². The summed E-state index contributed by atoms with van der Waals surface area (Å²) in [6.07, 6.45) is 0. The molecule has 7 heteroatoms. The highest BCUT2D eigenvalue weighted by Gasteiger charge is 2.23. The van der Waals surface area contributed by atoms with Crippen molar-refractivity contribution in [2.45, 2.75) is 4.90 Å². The summed E-state index contributed by atoms with van der Waals surface area (Å²) >= 11 is 6.05. The standard InChI is InChI=1S/C23H18ClN3O2S/c1-26(2)19-12-8-17(9-13-19)10-14-20-16-18-11-15-22(24)25-23(18)27(20)30(28,29)21-6-4-3-5-7-21/h3-9,11-13,15-16H,1-2H3. The molecule has 0 fully saturated rings. The highest BCUT2D eigenvalue weighted by molar-refractivity contribution is 7.90. The Kier molecular flexibility index (Phi) is 5.25. The monoisotopic (exact) mass is 435 g/mol. The molecule has 30 heavy (non-hydrogen) atoms. The summed E-state index contributed by atoms with van der Waals surface area (Å²) in [5.41, 5.74) is 2.40. The SMILES string of the molecule is CN(C)c1ccc(C#Cc2cc3ccc(Cl)nc3n2S(=O)(=O)c2ccccc2)cc1. The average Bonchev–Trinajstić information content (AvgIpc) is 3.11. The first-order valence-electron chi connectivity index (χ1n) is 9.14. The minimum atomic E-state index is -3.91. The van der Waals surface area contributed by atoms with Crippen molar-refractivity contribution in [1.82, 2.24) is 8.96 Å². The smallest absolute Gasteiger partial charge is 0.270 e. The first-order valence-corrected chi connectivity index (χ1v) is 11.0. The molecule has 150 valence electrons. The Morgan fingerprint density at radius 2 is 1.63 bits per heavy atom. The van der Waals surface area contributed by atoms with Crippen molar-refractivity contribution < 1.29 is 8.42 Å². The topological polar surface area (TPSA) is 55.2 Å². The summed E-state index contributed by atoms with van der Waals surface area (Å²) < 4.78 is 27.9. The highest BCUT2D eigenvalue weighted by atomic mass is 35.5. The first kappa shape index (κ1) is 20.0. The van der Waals surface area contributed by atoms with Crippen LogP contribution < -0.4 is 4.90 Å². The minimum absolute atomic E-state index is 0.155. The molecule has 4 rings (SSSR count). The van der Waals surface area contributed by atoms with Gasteiger partial charge in [0.1, 0.15) is 10.8 Å². The third-order valence-electron chi connectivity index (χ3n) is 4.57. The molecule has 4 aromatic rings. The lowest BCUT2D eigenvalue weighted by molar-refractivity contribution is 0.588. The number of hydrogen-bond acceptors (Lipinski definition) is 4. The first-order chi connectivity index (χ1) is 14.4. The molecule has 0 radical (unpaired) electrons. The number of benzene rings is 2. The number of fused-ring (bicyclic) bond motifs is 1. The van der Waals surface area contributed by atoms with E-state index in [1.165, 1.54) is 0 Å². The van der Waals surface area contributed by atoms with Gasteiger partial charge in [0.05, 0.1) is 4.90 Å². The van der Waals surface area contributed by atoms with Gasteiger partial charge in [-0.15, -0.1) is 0 Å². The predicted octanol–water partition coefficient (Wildman–Crippen LogP) is 4.39. The second-order valence-corrected chi connectivity index (χ2v) is 9.02. The van der Waals surface area contributed by atoms with E-state index in [1.807, 2.05) is 43.3 Å². The lowest BCUT2D eigenvalue weighted by Gasteiger charge is -2.11. The average molecular weight is 436 g/mol. The fourth-order valence-corrected chi connectivity index (χ4v) is 4.62. The van der Waals surface area contributed by atoms with Crippen LogP contribution in [0.5, 0.6) is 0 Å². The van der Waals surface area contributed by atoms with Gasteiger partial charge in [-0.1, -0.05) is 35.7 Å². The van der Waals surface area contributed by atoms with Crippen molar-refractivity contribution >= 4 is 38.3 Å². The van der Waals surface area contributed by atoms with Crippen LogP contribution in [0.4, 0.5) is 5.69 Å². The second kappa shape index (κ2) is 7.86. The lowest BCUT2D eigenvalue weighted by atomic mass is 10.2. The zero-order valence-electron chi connectivity index (χ0n) is 16.4. The quantitative estimate of drug-likeness (QED) is 0.353. The number of aromatic nitrogens is 2. The van der Waals surface area contributed by atoms with E-state index in [1.54, 1.807) is 48.5 Å².